The molecule has 1 heterocycles. The average Bonchev–Trinajstić information content (AvgIpc) is 3.18. The Bertz CT molecular complexity index is 1070. The van der Waals surface area contributed by atoms with Crippen molar-refractivity contribution < 1.29 is 13.9 Å². The van der Waals surface area contributed by atoms with Gasteiger partial charge in [-0.15, -0.1) is 0 Å². The molecule has 3 aromatic rings. The first kappa shape index (κ1) is 25.9. The molecule has 0 aliphatic carbocycles. The number of ether oxygens (including phenoxy) is 1. The Morgan fingerprint density at radius 3 is 2.41 bits per heavy atom. The summed E-state index contributed by atoms with van der Waals surface area (Å²) in [5.74, 6) is 0.484. The van der Waals surface area contributed by atoms with Crippen LogP contribution in [0.1, 0.15) is 55.6 Å². The highest BCUT2D eigenvalue weighted by atomic mass is 19.1. The normalized spacial score (nSPS) is 13.6. The van der Waals surface area contributed by atoms with E-state index >= 15 is 0 Å². The van der Waals surface area contributed by atoms with E-state index in [1.165, 1.54) is 30.4 Å². The molecule has 1 unspecified atom stereocenters. The molecule has 0 amide bonds. The Morgan fingerprint density at radius 2 is 1.76 bits per heavy atom. The zero-order valence-corrected chi connectivity index (χ0v) is 21.4. The molecule has 3 rings (SSSR count). The van der Waals surface area contributed by atoms with Gasteiger partial charge in [0, 0.05) is 6.42 Å². The van der Waals surface area contributed by atoms with Crippen LogP contribution in [-0.2, 0) is 21.4 Å². The number of fused-ring (bicyclic) bond motifs is 1. The molecule has 0 aliphatic rings. The Kier molecular flexibility index (Phi) is 8.47. The summed E-state index contributed by atoms with van der Waals surface area (Å²) < 4.78 is 18.7. The molecular weight excluding hydrogens is 429 g/mol. The van der Waals surface area contributed by atoms with Gasteiger partial charge in [0.2, 0.25) is 0 Å². The highest BCUT2D eigenvalue weighted by Gasteiger charge is 2.43. The number of rotatable bonds is 11. The fourth-order valence-electron chi connectivity index (χ4n) is 4.85. The average molecular weight is 468 g/mol. The molecule has 1 N–H and O–H groups in total. The maximum absolute atomic E-state index is 13.5. The predicted octanol–water partition coefficient (Wildman–Crippen LogP) is 5.73. The van der Waals surface area contributed by atoms with Crippen molar-refractivity contribution in [1.82, 2.24) is 14.9 Å². The monoisotopic (exact) mass is 467 g/mol. The van der Waals surface area contributed by atoms with Crippen molar-refractivity contribution >= 4 is 17.0 Å². The molecule has 0 saturated carbocycles. The number of esters is 1. The van der Waals surface area contributed by atoms with E-state index in [2.05, 4.69) is 42.9 Å². The topological polar surface area (TPSA) is 58.2 Å². The molecule has 0 spiro atoms. The molecule has 5 nitrogen and oxygen atoms in total. The van der Waals surface area contributed by atoms with Crippen LogP contribution in [0.5, 0.6) is 0 Å². The van der Waals surface area contributed by atoms with E-state index in [0.29, 0.717) is 6.42 Å². The highest BCUT2D eigenvalue weighted by Crippen LogP contribution is 2.38. The lowest BCUT2D eigenvalue weighted by molar-refractivity contribution is -0.150. The summed E-state index contributed by atoms with van der Waals surface area (Å²) in [7, 11) is 3.54. The molecule has 0 fully saturated rings. The second-order valence-electron chi connectivity index (χ2n) is 9.77. The van der Waals surface area contributed by atoms with Gasteiger partial charge in [-0.05, 0) is 100 Å². The van der Waals surface area contributed by atoms with Crippen molar-refractivity contribution in [3.63, 3.8) is 0 Å². The number of benzene rings is 2. The van der Waals surface area contributed by atoms with Crippen LogP contribution in [0, 0.1) is 25.6 Å². The van der Waals surface area contributed by atoms with Gasteiger partial charge >= 0.3 is 5.97 Å². The van der Waals surface area contributed by atoms with Crippen molar-refractivity contribution in [2.24, 2.45) is 5.92 Å². The number of aromatic nitrogens is 2. The molecule has 1 aromatic heterocycles. The van der Waals surface area contributed by atoms with Crippen molar-refractivity contribution in [1.29, 1.82) is 0 Å². The fraction of sp³-hybridized carbons (Fsp3) is 0.500. The van der Waals surface area contributed by atoms with Crippen LogP contribution >= 0.6 is 0 Å². The standard InChI is InChI=1S/C28H38FN3O2/c1-19(2)28(27(33)34-6,22-10-12-23(29)13-11-22)14-8-16-32(5)15-7-9-26-30-24-17-20(3)21(4)18-25(24)31-26/h10-13,17-19H,7-9,14-16H2,1-6H3,(H,30,31). The van der Waals surface area contributed by atoms with Crippen LogP contribution in [0.25, 0.3) is 11.0 Å². The lowest BCUT2D eigenvalue weighted by Gasteiger charge is -2.36. The third-order valence-corrected chi connectivity index (χ3v) is 7.11. The van der Waals surface area contributed by atoms with Crippen molar-refractivity contribution in [2.45, 2.75) is 58.8 Å². The SMILES string of the molecule is COC(=O)C(CCCN(C)CCCc1nc2cc(C)c(C)cc2[nH]1)(c1ccc(F)cc1)C(C)C. The van der Waals surface area contributed by atoms with Crippen LogP contribution in [0.15, 0.2) is 36.4 Å². The molecule has 2 aromatic carbocycles. The van der Waals surface area contributed by atoms with E-state index in [-0.39, 0.29) is 17.7 Å². The predicted molar refractivity (Wildman–Crippen MR) is 136 cm³/mol. The number of H-pyrrole nitrogens is 1. The largest absolute Gasteiger partial charge is 0.468 e. The highest BCUT2D eigenvalue weighted by molar-refractivity contribution is 5.83. The second-order valence-corrected chi connectivity index (χ2v) is 9.77. The third kappa shape index (κ3) is 5.66. The Labute approximate surface area is 202 Å². The summed E-state index contributed by atoms with van der Waals surface area (Å²) >= 11 is 0. The maximum atomic E-state index is 13.5. The molecule has 0 saturated heterocycles. The van der Waals surface area contributed by atoms with Gasteiger partial charge in [0.15, 0.2) is 0 Å². The van der Waals surface area contributed by atoms with E-state index in [1.54, 1.807) is 12.1 Å². The summed E-state index contributed by atoms with van der Waals surface area (Å²) in [4.78, 5) is 23.4. The number of hydrogen-bond acceptors (Lipinski definition) is 4. The first-order valence-corrected chi connectivity index (χ1v) is 12.2. The van der Waals surface area contributed by atoms with E-state index in [9.17, 15) is 9.18 Å². The minimum atomic E-state index is -0.784. The zero-order valence-electron chi connectivity index (χ0n) is 21.4. The van der Waals surface area contributed by atoms with Crippen LogP contribution in [-0.4, -0.2) is 48.1 Å². The van der Waals surface area contributed by atoms with Crippen LogP contribution in [0.3, 0.4) is 0 Å². The Balaban J connectivity index is 1.56. The summed E-state index contributed by atoms with van der Waals surface area (Å²) in [6.45, 7) is 10.1. The Hall–Kier alpha value is -2.73. The minimum absolute atomic E-state index is 0.0241. The van der Waals surface area contributed by atoms with Crippen molar-refractivity contribution in [2.75, 3.05) is 27.2 Å². The van der Waals surface area contributed by atoms with E-state index in [0.717, 1.165) is 54.8 Å². The van der Waals surface area contributed by atoms with Crippen molar-refractivity contribution in [3.8, 4) is 0 Å². The molecule has 0 radical (unpaired) electrons. The number of carbonyl (C=O) groups is 1. The van der Waals surface area contributed by atoms with E-state index in [1.807, 2.05) is 13.8 Å². The van der Waals surface area contributed by atoms with Gasteiger partial charge in [-0.2, -0.15) is 0 Å². The molecule has 1 atom stereocenters. The summed E-state index contributed by atoms with van der Waals surface area (Å²) in [6, 6.07) is 10.6. The number of nitrogens with one attached hydrogen (secondary N) is 1. The van der Waals surface area contributed by atoms with Crippen LogP contribution < -0.4 is 0 Å². The van der Waals surface area contributed by atoms with Gasteiger partial charge in [-0.25, -0.2) is 9.37 Å². The maximum Gasteiger partial charge on any atom is 0.316 e. The van der Waals surface area contributed by atoms with Crippen molar-refractivity contribution in [3.05, 3.63) is 64.7 Å². The summed E-state index contributed by atoms with van der Waals surface area (Å²) in [5, 5.41) is 0. The Morgan fingerprint density at radius 1 is 1.12 bits per heavy atom. The smallest absolute Gasteiger partial charge is 0.316 e. The number of methoxy groups -OCH3 is 1. The first-order valence-electron chi connectivity index (χ1n) is 12.2. The van der Waals surface area contributed by atoms with Crippen LogP contribution in [0.4, 0.5) is 4.39 Å². The molecule has 184 valence electrons. The molecule has 0 aliphatic heterocycles. The lowest BCUT2D eigenvalue weighted by atomic mass is 9.68. The quantitative estimate of drug-likeness (QED) is 0.366. The third-order valence-electron chi connectivity index (χ3n) is 7.11. The summed E-state index contributed by atoms with van der Waals surface area (Å²) in [6.07, 6.45) is 3.38. The van der Waals surface area contributed by atoms with Gasteiger partial charge < -0.3 is 14.6 Å². The molecule has 0 bridgehead atoms. The zero-order chi connectivity index (χ0) is 24.9. The van der Waals surface area contributed by atoms with Gasteiger partial charge in [-0.3, -0.25) is 4.79 Å². The summed E-state index contributed by atoms with van der Waals surface area (Å²) in [5.41, 5.74) is 4.69. The lowest BCUT2D eigenvalue weighted by Crippen LogP contribution is -2.42. The van der Waals surface area contributed by atoms with Gasteiger partial charge in [0.05, 0.1) is 23.6 Å². The number of aryl methyl sites for hydroxylation is 3. The number of imidazole rings is 1. The number of hydrogen-bond donors (Lipinski definition) is 1. The number of nitrogens with zero attached hydrogens (tertiary/aromatic N) is 2. The number of halogens is 1. The fourth-order valence-corrected chi connectivity index (χ4v) is 4.85. The number of carbonyl (C=O) groups excluding carboxylic acids is 1. The van der Waals surface area contributed by atoms with E-state index in [4.69, 9.17) is 9.72 Å². The second kappa shape index (κ2) is 11.1. The van der Waals surface area contributed by atoms with Gasteiger partial charge in [0.25, 0.3) is 0 Å². The van der Waals surface area contributed by atoms with Gasteiger partial charge in [-0.1, -0.05) is 26.0 Å². The molecular formula is C28H38FN3O2. The van der Waals surface area contributed by atoms with Crippen LogP contribution in [0.2, 0.25) is 0 Å². The minimum Gasteiger partial charge on any atom is -0.468 e. The number of aromatic amines is 1. The van der Waals surface area contributed by atoms with Gasteiger partial charge in [0.1, 0.15) is 11.6 Å². The molecule has 6 heteroatoms. The molecule has 34 heavy (non-hydrogen) atoms. The van der Waals surface area contributed by atoms with E-state index < -0.39 is 5.41 Å². The first-order chi connectivity index (χ1) is 16.2.